The molecule has 0 aliphatic carbocycles. The summed E-state index contributed by atoms with van der Waals surface area (Å²) in [5.41, 5.74) is 0.271. The quantitative estimate of drug-likeness (QED) is 0.919. The van der Waals surface area contributed by atoms with Crippen molar-refractivity contribution in [2.45, 2.75) is 13.3 Å². The van der Waals surface area contributed by atoms with E-state index >= 15 is 0 Å². The van der Waals surface area contributed by atoms with Gasteiger partial charge in [-0.25, -0.2) is 14.4 Å². The molecule has 0 saturated carbocycles. The van der Waals surface area contributed by atoms with Crippen molar-refractivity contribution in [2.24, 2.45) is 11.8 Å². The number of anilines is 1. The lowest BCUT2D eigenvalue weighted by Crippen LogP contribution is -2.43. The number of hydrogen-bond donors (Lipinski definition) is 1. The van der Waals surface area contributed by atoms with E-state index in [1.807, 2.05) is 11.8 Å². The van der Waals surface area contributed by atoms with Crippen molar-refractivity contribution in [3.8, 4) is 0 Å². The van der Waals surface area contributed by atoms with Crippen molar-refractivity contribution in [3.05, 3.63) is 30.3 Å². The second-order valence-electron chi connectivity index (χ2n) is 5.61. The van der Waals surface area contributed by atoms with E-state index in [9.17, 15) is 14.3 Å². The van der Waals surface area contributed by atoms with Crippen molar-refractivity contribution < 1.29 is 14.3 Å². The summed E-state index contributed by atoms with van der Waals surface area (Å²) in [6.07, 6.45) is 1.99. The third kappa shape index (κ3) is 2.53. The molecule has 1 aromatic heterocycles. The molecule has 1 aliphatic heterocycles. The van der Waals surface area contributed by atoms with Crippen LogP contribution in [0.15, 0.2) is 24.5 Å². The molecule has 0 amide bonds. The Morgan fingerprint density at radius 1 is 1.38 bits per heavy atom. The molecular formula is C15H16FN3O2. The fraction of sp³-hybridized carbons (Fsp3) is 0.400. The molecule has 0 spiro atoms. The predicted molar refractivity (Wildman–Crippen MR) is 76.6 cm³/mol. The molecule has 2 aromatic rings. The van der Waals surface area contributed by atoms with Crippen LogP contribution < -0.4 is 4.90 Å². The van der Waals surface area contributed by atoms with Crippen LogP contribution >= 0.6 is 0 Å². The molecule has 0 bridgehead atoms. The fourth-order valence-electron chi connectivity index (χ4n) is 2.99. The molecule has 2 heterocycles. The minimum atomic E-state index is -0.795. The van der Waals surface area contributed by atoms with Gasteiger partial charge in [0, 0.05) is 18.5 Å². The molecule has 1 aromatic carbocycles. The van der Waals surface area contributed by atoms with Gasteiger partial charge in [0.1, 0.15) is 23.5 Å². The predicted octanol–water partition coefficient (Wildman–Crippen LogP) is 2.32. The summed E-state index contributed by atoms with van der Waals surface area (Å²) >= 11 is 0. The summed E-state index contributed by atoms with van der Waals surface area (Å²) in [5, 5.41) is 9.88. The Labute approximate surface area is 121 Å². The highest BCUT2D eigenvalue weighted by Crippen LogP contribution is 2.30. The molecule has 1 saturated heterocycles. The summed E-state index contributed by atoms with van der Waals surface area (Å²) < 4.78 is 13.8. The van der Waals surface area contributed by atoms with Gasteiger partial charge in [0.2, 0.25) is 0 Å². The maximum Gasteiger partial charge on any atom is 0.308 e. The van der Waals surface area contributed by atoms with E-state index in [-0.39, 0.29) is 11.4 Å². The molecule has 5 nitrogen and oxygen atoms in total. The van der Waals surface area contributed by atoms with E-state index < -0.39 is 17.7 Å². The molecule has 21 heavy (non-hydrogen) atoms. The molecule has 6 heteroatoms. The highest BCUT2D eigenvalue weighted by Gasteiger charge is 2.30. The topological polar surface area (TPSA) is 66.3 Å². The summed E-state index contributed by atoms with van der Waals surface area (Å²) in [6.45, 7) is 3.13. The number of para-hydroxylation sites is 1. The van der Waals surface area contributed by atoms with Gasteiger partial charge in [0.25, 0.3) is 0 Å². The van der Waals surface area contributed by atoms with Crippen LogP contribution in [0.25, 0.3) is 10.9 Å². The lowest BCUT2D eigenvalue weighted by atomic mass is 9.90. The van der Waals surface area contributed by atoms with Crippen LogP contribution in [0.5, 0.6) is 0 Å². The number of benzene rings is 1. The molecule has 1 N–H and O–H groups in total. The van der Waals surface area contributed by atoms with Crippen LogP contribution in [0.4, 0.5) is 10.2 Å². The van der Waals surface area contributed by atoms with E-state index in [1.165, 1.54) is 12.4 Å². The summed E-state index contributed by atoms with van der Waals surface area (Å²) in [7, 11) is 0. The Hall–Kier alpha value is -2.24. The third-order valence-corrected chi connectivity index (χ3v) is 3.90. The van der Waals surface area contributed by atoms with Gasteiger partial charge < -0.3 is 10.0 Å². The van der Waals surface area contributed by atoms with Crippen molar-refractivity contribution in [1.29, 1.82) is 0 Å². The number of fused-ring (bicyclic) bond motifs is 1. The standard InChI is InChI=1S/C15H16FN3O2/c1-9-5-10(15(20)21)7-19(6-9)14-11-3-2-4-12(16)13(11)17-8-18-14/h2-4,8-10H,5-7H2,1H3,(H,20,21). The number of rotatable bonds is 2. The lowest BCUT2D eigenvalue weighted by Gasteiger charge is -2.35. The van der Waals surface area contributed by atoms with Crippen molar-refractivity contribution in [1.82, 2.24) is 9.97 Å². The van der Waals surface area contributed by atoms with Crippen molar-refractivity contribution in [3.63, 3.8) is 0 Å². The molecule has 0 radical (unpaired) electrons. The van der Waals surface area contributed by atoms with Crippen LogP contribution in [-0.4, -0.2) is 34.1 Å². The highest BCUT2D eigenvalue weighted by atomic mass is 19.1. The number of aromatic nitrogens is 2. The van der Waals surface area contributed by atoms with Crippen molar-refractivity contribution in [2.75, 3.05) is 18.0 Å². The van der Waals surface area contributed by atoms with Gasteiger partial charge in [-0.3, -0.25) is 4.79 Å². The number of aliphatic carboxylic acids is 1. The smallest absolute Gasteiger partial charge is 0.308 e. The summed E-state index contributed by atoms with van der Waals surface area (Å²) in [5.74, 6) is -0.755. The number of hydrogen-bond acceptors (Lipinski definition) is 4. The van der Waals surface area contributed by atoms with E-state index in [0.717, 1.165) is 0 Å². The first-order chi connectivity index (χ1) is 10.1. The first-order valence-electron chi connectivity index (χ1n) is 6.93. The minimum Gasteiger partial charge on any atom is -0.481 e. The number of carboxylic acids is 1. The molecule has 1 fully saturated rings. The average molecular weight is 289 g/mol. The van der Waals surface area contributed by atoms with E-state index in [0.29, 0.717) is 30.7 Å². The van der Waals surface area contributed by atoms with E-state index in [4.69, 9.17) is 0 Å². The Kier molecular flexibility index (Phi) is 3.45. The zero-order valence-corrected chi connectivity index (χ0v) is 11.7. The molecular weight excluding hydrogens is 273 g/mol. The highest BCUT2D eigenvalue weighted by molar-refractivity contribution is 5.89. The van der Waals surface area contributed by atoms with Gasteiger partial charge >= 0.3 is 5.97 Å². The zero-order chi connectivity index (χ0) is 15.0. The monoisotopic (exact) mass is 289 g/mol. The Morgan fingerprint density at radius 2 is 2.19 bits per heavy atom. The van der Waals surface area contributed by atoms with Crippen molar-refractivity contribution >= 4 is 22.7 Å². The Bertz CT molecular complexity index is 692. The van der Waals surface area contributed by atoms with Crippen LogP contribution in [-0.2, 0) is 4.79 Å². The van der Waals surface area contributed by atoms with Crippen LogP contribution in [0, 0.1) is 17.7 Å². The average Bonchev–Trinajstić information content (AvgIpc) is 2.46. The molecule has 2 unspecified atom stereocenters. The summed E-state index contributed by atoms with van der Waals surface area (Å²) in [4.78, 5) is 21.4. The van der Waals surface area contributed by atoms with Gasteiger partial charge in [-0.15, -0.1) is 0 Å². The van der Waals surface area contributed by atoms with Crippen LogP contribution in [0.3, 0.4) is 0 Å². The largest absolute Gasteiger partial charge is 0.481 e. The molecule has 3 rings (SSSR count). The number of nitrogens with zero attached hydrogens (tertiary/aromatic N) is 3. The van der Waals surface area contributed by atoms with Gasteiger partial charge in [-0.1, -0.05) is 13.0 Å². The normalized spacial score (nSPS) is 22.5. The Morgan fingerprint density at radius 3 is 2.95 bits per heavy atom. The van der Waals surface area contributed by atoms with E-state index in [2.05, 4.69) is 9.97 Å². The van der Waals surface area contributed by atoms with Gasteiger partial charge in [-0.05, 0) is 24.5 Å². The van der Waals surface area contributed by atoms with Gasteiger partial charge in [0.05, 0.1) is 5.92 Å². The second-order valence-corrected chi connectivity index (χ2v) is 5.61. The molecule has 110 valence electrons. The summed E-state index contributed by atoms with van der Waals surface area (Å²) in [6, 6.07) is 4.74. The maximum atomic E-state index is 13.8. The second kappa shape index (κ2) is 5.27. The first kappa shape index (κ1) is 13.7. The molecule has 2 atom stereocenters. The number of piperidine rings is 1. The lowest BCUT2D eigenvalue weighted by molar-refractivity contribution is -0.142. The minimum absolute atomic E-state index is 0.249. The SMILES string of the molecule is CC1CC(C(=O)O)CN(c2ncnc3c(F)cccc23)C1. The van der Waals surface area contributed by atoms with E-state index in [1.54, 1.807) is 12.1 Å². The third-order valence-electron chi connectivity index (χ3n) is 3.90. The van der Waals surface area contributed by atoms with Gasteiger partial charge in [-0.2, -0.15) is 0 Å². The molecule has 1 aliphatic rings. The maximum absolute atomic E-state index is 13.8. The number of halogens is 1. The number of carbonyl (C=O) groups is 1. The van der Waals surface area contributed by atoms with Gasteiger partial charge in [0.15, 0.2) is 0 Å². The fourth-order valence-corrected chi connectivity index (χ4v) is 2.99. The Balaban J connectivity index is 2.03. The zero-order valence-electron chi connectivity index (χ0n) is 11.7. The van der Waals surface area contributed by atoms with Crippen LogP contribution in [0.2, 0.25) is 0 Å². The van der Waals surface area contributed by atoms with Crippen LogP contribution in [0.1, 0.15) is 13.3 Å². The first-order valence-corrected chi connectivity index (χ1v) is 6.93. The number of carboxylic acid groups (broad SMARTS) is 1.